The van der Waals surface area contributed by atoms with Gasteiger partial charge in [-0.3, -0.25) is 0 Å². The van der Waals surface area contributed by atoms with E-state index in [0.29, 0.717) is 21.5 Å². The van der Waals surface area contributed by atoms with Crippen molar-refractivity contribution in [1.29, 1.82) is 0 Å². The fourth-order valence-corrected chi connectivity index (χ4v) is 3.13. The van der Waals surface area contributed by atoms with E-state index in [9.17, 15) is 5.11 Å². The van der Waals surface area contributed by atoms with Gasteiger partial charge in [0, 0.05) is 26.0 Å². The predicted molar refractivity (Wildman–Crippen MR) is 84.3 cm³/mol. The lowest BCUT2D eigenvalue weighted by atomic mass is 10.0. The van der Waals surface area contributed by atoms with Crippen molar-refractivity contribution in [3.63, 3.8) is 0 Å². The topological polar surface area (TPSA) is 20.2 Å². The third-order valence-electron chi connectivity index (χ3n) is 2.74. The van der Waals surface area contributed by atoms with Crippen molar-refractivity contribution < 1.29 is 5.11 Å². The van der Waals surface area contributed by atoms with Crippen LogP contribution in [-0.4, -0.2) is 5.11 Å². The smallest absolute Gasteiger partial charge is 0.0841 e. The predicted octanol–water partition coefficient (Wildman–Crippen LogP) is 5.69. The van der Waals surface area contributed by atoms with Gasteiger partial charge in [0.2, 0.25) is 0 Å². The number of aliphatic hydroxyl groups excluding tert-OH is 1. The van der Waals surface area contributed by atoms with E-state index < -0.39 is 6.10 Å². The Hall–Kier alpha value is -0.250. The molecule has 0 radical (unpaired) electrons. The zero-order valence-electron chi connectivity index (χ0n) is 9.71. The molecule has 19 heavy (non-hydrogen) atoms. The first-order chi connectivity index (χ1) is 8.97. The van der Waals surface area contributed by atoms with Gasteiger partial charge >= 0.3 is 0 Å². The molecule has 5 heteroatoms. The lowest BCUT2D eigenvalue weighted by Gasteiger charge is -2.14. The van der Waals surface area contributed by atoms with Crippen LogP contribution in [0.3, 0.4) is 0 Å². The summed E-state index contributed by atoms with van der Waals surface area (Å²) in [6.07, 6.45) is -0.290. The Balaban J connectivity index is 2.25. The molecule has 2 aromatic carbocycles. The Kier molecular flexibility index (Phi) is 5.15. The Labute approximate surface area is 135 Å². The quantitative estimate of drug-likeness (QED) is 0.726. The number of aliphatic hydroxyl groups is 1. The summed E-state index contributed by atoms with van der Waals surface area (Å²) < 4.78 is 0.769. The molecule has 0 heterocycles. The fourth-order valence-electron chi connectivity index (χ4n) is 1.79. The molecule has 1 N–H and O–H groups in total. The van der Waals surface area contributed by atoms with Crippen LogP contribution in [-0.2, 0) is 6.42 Å². The Morgan fingerprint density at radius 2 is 1.63 bits per heavy atom. The van der Waals surface area contributed by atoms with Gasteiger partial charge in [-0.05, 0) is 41.5 Å². The number of halogens is 4. The van der Waals surface area contributed by atoms with E-state index in [0.717, 1.165) is 15.6 Å². The summed E-state index contributed by atoms with van der Waals surface area (Å²) in [6, 6.07) is 10.5. The molecule has 1 nitrogen and oxygen atoms in total. The SMILES string of the molecule is OC(Cc1cc(Cl)ccc1Cl)c1ccc(Cl)cc1Br. The second-order valence-corrected chi connectivity index (χ2v) is 6.26. The highest BCUT2D eigenvalue weighted by Gasteiger charge is 2.14. The molecule has 100 valence electrons. The van der Waals surface area contributed by atoms with Crippen LogP contribution in [0.4, 0.5) is 0 Å². The van der Waals surface area contributed by atoms with Crippen LogP contribution in [0.15, 0.2) is 40.9 Å². The third-order valence-corrected chi connectivity index (χ3v) is 4.27. The van der Waals surface area contributed by atoms with E-state index in [1.165, 1.54) is 0 Å². The second-order valence-electron chi connectivity index (χ2n) is 4.12. The zero-order chi connectivity index (χ0) is 14.0. The monoisotopic (exact) mass is 378 g/mol. The molecule has 0 amide bonds. The van der Waals surface area contributed by atoms with Crippen molar-refractivity contribution in [3.8, 4) is 0 Å². The number of benzene rings is 2. The van der Waals surface area contributed by atoms with E-state index in [-0.39, 0.29) is 0 Å². The molecule has 2 rings (SSSR count). The van der Waals surface area contributed by atoms with Crippen LogP contribution in [0.1, 0.15) is 17.2 Å². The maximum Gasteiger partial charge on any atom is 0.0841 e. The zero-order valence-corrected chi connectivity index (χ0v) is 13.6. The van der Waals surface area contributed by atoms with Crippen LogP contribution >= 0.6 is 50.7 Å². The van der Waals surface area contributed by atoms with E-state index in [1.54, 1.807) is 36.4 Å². The minimum Gasteiger partial charge on any atom is -0.388 e. The highest BCUT2D eigenvalue weighted by atomic mass is 79.9. The molecule has 0 bridgehead atoms. The fraction of sp³-hybridized carbons (Fsp3) is 0.143. The molecule has 0 fully saturated rings. The van der Waals surface area contributed by atoms with Crippen LogP contribution < -0.4 is 0 Å². The first-order valence-electron chi connectivity index (χ1n) is 5.54. The minimum atomic E-state index is -0.678. The van der Waals surface area contributed by atoms with Crippen molar-refractivity contribution in [3.05, 3.63) is 67.1 Å². The van der Waals surface area contributed by atoms with Crippen LogP contribution in [0.25, 0.3) is 0 Å². The van der Waals surface area contributed by atoms with Gasteiger partial charge in [-0.25, -0.2) is 0 Å². The van der Waals surface area contributed by atoms with Crippen molar-refractivity contribution in [2.45, 2.75) is 12.5 Å². The number of rotatable bonds is 3. The van der Waals surface area contributed by atoms with Gasteiger partial charge in [-0.2, -0.15) is 0 Å². The first kappa shape index (κ1) is 15.1. The summed E-state index contributed by atoms with van der Waals surface area (Å²) >= 11 is 21.3. The normalized spacial score (nSPS) is 12.5. The van der Waals surface area contributed by atoms with Crippen molar-refractivity contribution >= 4 is 50.7 Å². The molecule has 0 saturated carbocycles. The van der Waals surface area contributed by atoms with Crippen molar-refractivity contribution in [2.24, 2.45) is 0 Å². The van der Waals surface area contributed by atoms with Gasteiger partial charge in [0.15, 0.2) is 0 Å². The molecule has 0 aliphatic carbocycles. The molecule has 0 saturated heterocycles. The molecule has 1 unspecified atom stereocenters. The van der Waals surface area contributed by atoms with Crippen LogP contribution in [0.2, 0.25) is 15.1 Å². The van der Waals surface area contributed by atoms with Crippen LogP contribution in [0, 0.1) is 0 Å². The summed E-state index contributed by atoms with van der Waals surface area (Å²) in [7, 11) is 0. The Morgan fingerprint density at radius 3 is 2.32 bits per heavy atom. The lowest BCUT2D eigenvalue weighted by molar-refractivity contribution is 0.177. The van der Waals surface area contributed by atoms with Crippen LogP contribution in [0.5, 0.6) is 0 Å². The highest BCUT2D eigenvalue weighted by Crippen LogP contribution is 2.31. The van der Waals surface area contributed by atoms with Gasteiger partial charge in [0.05, 0.1) is 6.10 Å². The second kappa shape index (κ2) is 6.47. The maximum atomic E-state index is 10.3. The standard InChI is InChI=1S/C14H10BrCl3O/c15-12-7-10(17)1-3-11(12)14(19)6-8-5-9(16)2-4-13(8)18/h1-5,7,14,19H,6H2. The summed E-state index contributed by atoms with van der Waals surface area (Å²) in [4.78, 5) is 0. The van der Waals surface area contributed by atoms with Crippen molar-refractivity contribution in [2.75, 3.05) is 0 Å². The van der Waals surface area contributed by atoms with E-state index in [4.69, 9.17) is 34.8 Å². The minimum absolute atomic E-state index is 0.389. The molecule has 1 atom stereocenters. The third kappa shape index (κ3) is 3.87. The Morgan fingerprint density at radius 1 is 1.00 bits per heavy atom. The average molecular weight is 380 g/mol. The first-order valence-corrected chi connectivity index (χ1v) is 7.47. The molecular weight excluding hydrogens is 370 g/mol. The van der Waals surface area contributed by atoms with Gasteiger partial charge < -0.3 is 5.11 Å². The summed E-state index contributed by atoms with van der Waals surface area (Å²) in [6.45, 7) is 0. The molecule has 0 aromatic heterocycles. The Bertz CT molecular complexity index is 601. The number of hydrogen-bond donors (Lipinski definition) is 1. The van der Waals surface area contributed by atoms with Gasteiger partial charge in [-0.15, -0.1) is 0 Å². The van der Waals surface area contributed by atoms with Gasteiger partial charge in [0.1, 0.15) is 0 Å². The summed E-state index contributed by atoms with van der Waals surface area (Å²) in [5.74, 6) is 0. The largest absolute Gasteiger partial charge is 0.388 e. The highest BCUT2D eigenvalue weighted by molar-refractivity contribution is 9.10. The molecule has 2 aromatic rings. The lowest BCUT2D eigenvalue weighted by Crippen LogP contribution is -2.03. The maximum absolute atomic E-state index is 10.3. The molecule has 0 aliphatic rings. The molecule has 0 spiro atoms. The number of hydrogen-bond acceptors (Lipinski definition) is 1. The van der Waals surface area contributed by atoms with E-state index in [1.807, 2.05) is 0 Å². The summed E-state index contributed by atoms with van der Waals surface area (Å²) in [5, 5.41) is 12.1. The van der Waals surface area contributed by atoms with E-state index >= 15 is 0 Å². The molecule has 0 aliphatic heterocycles. The van der Waals surface area contributed by atoms with E-state index in [2.05, 4.69) is 15.9 Å². The molecular formula is C14H10BrCl3O. The van der Waals surface area contributed by atoms with Crippen molar-refractivity contribution in [1.82, 2.24) is 0 Å². The van der Waals surface area contributed by atoms with Gasteiger partial charge in [-0.1, -0.05) is 56.8 Å². The summed E-state index contributed by atoms with van der Waals surface area (Å²) in [5.41, 5.74) is 1.57. The average Bonchev–Trinajstić information content (AvgIpc) is 2.33. The van der Waals surface area contributed by atoms with Gasteiger partial charge in [0.25, 0.3) is 0 Å².